The second-order valence-corrected chi connectivity index (χ2v) is 5.13. The first kappa shape index (κ1) is 11.2. The van der Waals surface area contributed by atoms with Crippen molar-refractivity contribution in [2.75, 3.05) is 0 Å². The number of carbonyl (C=O) groups is 1. The summed E-state index contributed by atoms with van der Waals surface area (Å²) in [6, 6.07) is 18.3. The minimum Gasteiger partial charge on any atom is -0.340 e. The van der Waals surface area contributed by atoms with E-state index in [-0.39, 0.29) is 5.78 Å². The summed E-state index contributed by atoms with van der Waals surface area (Å²) in [6.45, 7) is 0.675. The van der Waals surface area contributed by atoms with Crippen LogP contribution in [-0.4, -0.2) is 10.4 Å². The number of ketones is 1. The molecule has 0 radical (unpaired) electrons. The smallest absolute Gasteiger partial charge is 0.207 e. The Morgan fingerprint density at radius 3 is 2.65 bits per heavy atom. The standard InChI is InChI=1S/C18H13NO/c20-18-16(12-19-9-3-6-17(18)19)11-13-7-8-14-4-1-2-5-15(14)10-13/h1-11H,12H2. The summed E-state index contributed by atoms with van der Waals surface area (Å²) in [5.74, 6) is 0.142. The number of nitrogens with zero attached hydrogens (tertiary/aromatic N) is 1. The number of Topliss-reactive ketones (excluding diaryl/α,β-unsaturated/α-hetero) is 1. The van der Waals surface area contributed by atoms with Crippen molar-refractivity contribution < 1.29 is 4.79 Å². The SMILES string of the molecule is O=C1C(=Cc2ccc3ccccc3c2)Cn2cccc21. The highest BCUT2D eigenvalue weighted by molar-refractivity contribution is 6.12. The maximum atomic E-state index is 12.2. The highest BCUT2D eigenvalue weighted by Gasteiger charge is 2.23. The number of hydrogen-bond donors (Lipinski definition) is 0. The Balaban J connectivity index is 1.76. The molecule has 20 heavy (non-hydrogen) atoms. The van der Waals surface area contributed by atoms with Crippen LogP contribution in [-0.2, 0) is 6.54 Å². The van der Waals surface area contributed by atoms with Gasteiger partial charge in [0, 0.05) is 11.8 Å². The Hall–Kier alpha value is -2.61. The van der Waals surface area contributed by atoms with Gasteiger partial charge in [0.2, 0.25) is 5.78 Å². The average molecular weight is 259 g/mol. The topological polar surface area (TPSA) is 22.0 Å². The van der Waals surface area contributed by atoms with Crippen molar-refractivity contribution in [2.45, 2.75) is 6.54 Å². The van der Waals surface area contributed by atoms with Crippen LogP contribution in [0.5, 0.6) is 0 Å². The normalized spacial score (nSPS) is 16.0. The average Bonchev–Trinajstić information content (AvgIpc) is 3.03. The largest absolute Gasteiger partial charge is 0.340 e. The van der Waals surface area contributed by atoms with Crippen molar-refractivity contribution in [2.24, 2.45) is 0 Å². The van der Waals surface area contributed by atoms with Gasteiger partial charge in [-0.05, 0) is 40.6 Å². The number of benzene rings is 2. The minimum atomic E-state index is 0.142. The lowest BCUT2D eigenvalue weighted by Crippen LogP contribution is -1.94. The maximum Gasteiger partial charge on any atom is 0.207 e. The quantitative estimate of drug-likeness (QED) is 0.607. The molecule has 1 aromatic heterocycles. The molecule has 1 aliphatic heterocycles. The first-order valence-corrected chi connectivity index (χ1v) is 6.70. The molecule has 2 aromatic carbocycles. The van der Waals surface area contributed by atoms with E-state index < -0.39 is 0 Å². The number of carbonyl (C=O) groups excluding carboxylic acids is 1. The first-order chi connectivity index (χ1) is 9.81. The summed E-state index contributed by atoms with van der Waals surface area (Å²) in [5.41, 5.74) is 2.73. The van der Waals surface area contributed by atoms with Crippen molar-refractivity contribution >= 4 is 22.6 Å². The zero-order valence-corrected chi connectivity index (χ0v) is 10.9. The molecule has 0 bridgehead atoms. The van der Waals surface area contributed by atoms with E-state index >= 15 is 0 Å². The van der Waals surface area contributed by atoms with Crippen LogP contribution >= 0.6 is 0 Å². The third-order valence-corrected chi connectivity index (χ3v) is 3.81. The minimum absolute atomic E-state index is 0.142. The van der Waals surface area contributed by atoms with Crippen LogP contribution in [0.4, 0.5) is 0 Å². The molecule has 0 fully saturated rings. The fourth-order valence-electron chi connectivity index (χ4n) is 2.79. The first-order valence-electron chi connectivity index (χ1n) is 6.70. The summed E-state index contributed by atoms with van der Waals surface area (Å²) in [4.78, 5) is 12.2. The van der Waals surface area contributed by atoms with Gasteiger partial charge in [-0.15, -0.1) is 0 Å². The lowest BCUT2D eigenvalue weighted by molar-refractivity contribution is 0.103. The molecule has 2 heterocycles. The van der Waals surface area contributed by atoms with Crippen molar-refractivity contribution in [1.82, 2.24) is 4.57 Å². The molecule has 1 aliphatic rings. The van der Waals surface area contributed by atoms with Gasteiger partial charge in [-0.25, -0.2) is 0 Å². The third kappa shape index (κ3) is 1.69. The summed E-state index contributed by atoms with van der Waals surface area (Å²) < 4.78 is 2.00. The number of allylic oxidation sites excluding steroid dienone is 1. The molecule has 0 N–H and O–H groups in total. The number of fused-ring (bicyclic) bond motifs is 2. The second kappa shape index (κ2) is 4.20. The van der Waals surface area contributed by atoms with E-state index in [2.05, 4.69) is 30.3 Å². The predicted octanol–water partition coefficient (Wildman–Crippen LogP) is 3.92. The van der Waals surface area contributed by atoms with Crippen molar-refractivity contribution in [3.63, 3.8) is 0 Å². The maximum absolute atomic E-state index is 12.2. The Morgan fingerprint density at radius 2 is 1.80 bits per heavy atom. The van der Waals surface area contributed by atoms with E-state index in [1.807, 2.05) is 41.1 Å². The lowest BCUT2D eigenvalue weighted by atomic mass is 10.0. The number of aromatic nitrogens is 1. The zero-order valence-electron chi connectivity index (χ0n) is 10.9. The predicted molar refractivity (Wildman–Crippen MR) is 80.7 cm³/mol. The molecule has 0 spiro atoms. The van der Waals surface area contributed by atoms with Crippen LogP contribution in [0.15, 0.2) is 66.4 Å². The molecule has 0 aliphatic carbocycles. The highest BCUT2D eigenvalue weighted by Crippen LogP contribution is 2.24. The summed E-state index contributed by atoms with van der Waals surface area (Å²) in [6.07, 6.45) is 3.95. The highest BCUT2D eigenvalue weighted by atomic mass is 16.1. The van der Waals surface area contributed by atoms with Crippen LogP contribution < -0.4 is 0 Å². The zero-order chi connectivity index (χ0) is 13.5. The molecular weight excluding hydrogens is 246 g/mol. The van der Waals surface area contributed by atoms with Crippen molar-refractivity contribution in [1.29, 1.82) is 0 Å². The van der Waals surface area contributed by atoms with E-state index in [4.69, 9.17) is 0 Å². The van der Waals surface area contributed by atoms with Gasteiger partial charge in [0.15, 0.2) is 0 Å². The Morgan fingerprint density at radius 1 is 0.950 bits per heavy atom. The van der Waals surface area contributed by atoms with E-state index in [1.165, 1.54) is 10.8 Å². The Kier molecular flexibility index (Phi) is 2.36. The molecule has 0 saturated carbocycles. The number of rotatable bonds is 1. The van der Waals surface area contributed by atoms with Crippen LogP contribution in [0, 0.1) is 0 Å². The molecule has 0 saturated heterocycles. The molecule has 4 rings (SSSR count). The van der Waals surface area contributed by atoms with Crippen LogP contribution in [0.3, 0.4) is 0 Å². The molecule has 2 nitrogen and oxygen atoms in total. The molecule has 2 heteroatoms. The van der Waals surface area contributed by atoms with Gasteiger partial charge < -0.3 is 4.57 Å². The van der Waals surface area contributed by atoms with Gasteiger partial charge in [0.1, 0.15) is 0 Å². The van der Waals surface area contributed by atoms with Crippen molar-refractivity contribution in [3.05, 3.63) is 77.6 Å². The van der Waals surface area contributed by atoms with E-state index in [1.54, 1.807) is 0 Å². The Bertz CT molecular complexity index is 854. The second-order valence-electron chi connectivity index (χ2n) is 5.13. The Labute approximate surface area is 117 Å². The van der Waals surface area contributed by atoms with Gasteiger partial charge in [0.25, 0.3) is 0 Å². The fraction of sp³-hybridized carbons (Fsp3) is 0.0556. The molecule has 0 unspecified atom stereocenters. The van der Waals surface area contributed by atoms with Gasteiger partial charge in [-0.2, -0.15) is 0 Å². The molecular formula is C18H13NO. The van der Waals surface area contributed by atoms with Crippen LogP contribution in [0.1, 0.15) is 16.1 Å². The van der Waals surface area contributed by atoms with Crippen molar-refractivity contribution in [3.8, 4) is 0 Å². The molecule has 0 amide bonds. The van der Waals surface area contributed by atoms with E-state index in [0.29, 0.717) is 6.54 Å². The van der Waals surface area contributed by atoms with Crippen LogP contribution in [0.25, 0.3) is 16.8 Å². The van der Waals surface area contributed by atoms with E-state index in [9.17, 15) is 4.79 Å². The lowest BCUT2D eigenvalue weighted by Gasteiger charge is -2.01. The van der Waals surface area contributed by atoms with Gasteiger partial charge >= 0.3 is 0 Å². The monoisotopic (exact) mass is 259 g/mol. The van der Waals surface area contributed by atoms with Gasteiger partial charge in [-0.3, -0.25) is 4.79 Å². The molecule has 0 atom stereocenters. The number of hydrogen-bond acceptors (Lipinski definition) is 1. The van der Waals surface area contributed by atoms with E-state index in [0.717, 1.165) is 16.8 Å². The molecule has 96 valence electrons. The summed E-state index contributed by atoms with van der Waals surface area (Å²) >= 11 is 0. The molecule has 3 aromatic rings. The fourth-order valence-corrected chi connectivity index (χ4v) is 2.79. The summed E-state index contributed by atoms with van der Waals surface area (Å²) in [5, 5.41) is 2.42. The summed E-state index contributed by atoms with van der Waals surface area (Å²) in [7, 11) is 0. The third-order valence-electron chi connectivity index (χ3n) is 3.81. The van der Waals surface area contributed by atoms with Gasteiger partial charge in [-0.1, -0.05) is 36.4 Å². The van der Waals surface area contributed by atoms with Crippen LogP contribution in [0.2, 0.25) is 0 Å². The van der Waals surface area contributed by atoms with Gasteiger partial charge in [0.05, 0.1) is 12.2 Å².